The highest BCUT2D eigenvalue weighted by Crippen LogP contribution is 2.10. The molecule has 1 heterocycles. The summed E-state index contributed by atoms with van der Waals surface area (Å²) in [6, 6.07) is -13.1. The molecule has 1 aliphatic heterocycles. The van der Waals surface area contributed by atoms with Gasteiger partial charge in [0.2, 0.25) is 65.0 Å². The number of unbranched alkanes of at least 4 members (excludes halogenated alkanes) is 1. The summed E-state index contributed by atoms with van der Waals surface area (Å²) in [6.07, 6.45) is -1.81. The van der Waals surface area contributed by atoms with Crippen molar-refractivity contribution in [1.82, 2.24) is 58.5 Å². The molecule has 0 radical (unpaired) electrons. The number of amides is 11. The number of carbonyl (C=O) groups excluding carboxylic acids is 11. The van der Waals surface area contributed by atoms with E-state index in [1.165, 1.54) is 13.8 Å². The van der Waals surface area contributed by atoms with Crippen molar-refractivity contribution in [2.45, 2.75) is 179 Å². The van der Waals surface area contributed by atoms with Crippen molar-refractivity contribution in [2.75, 3.05) is 45.8 Å². The van der Waals surface area contributed by atoms with E-state index in [2.05, 4.69) is 72.3 Å². The van der Waals surface area contributed by atoms with Crippen LogP contribution >= 0.6 is 0 Å². The average molecular weight is 1100 g/mol. The lowest BCUT2D eigenvalue weighted by Gasteiger charge is -2.28. The molecule has 0 bridgehead atoms. The SMILES string of the molecule is CC(C)CCCCC(=O)N[C@@H](CCN)C(=O)N[C@H](C(=O)N[C@@H](CCN)C(=O)N[C@H]1CCNC(=O)[C@H]([C@@H](C)O)NC(=O)[C@H](CCN)NC(=O)[C@H](CCN)NC(=O)[C@H](CC(C)C)NC(=O)CNC(=O)[C@H](CCN)NC1=O)[C@@H](C)O. The first kappa shape index (κ1) is 68.9. The van der Waals surface area contributed by atoms with Crippen LogP contribution in [0.25, 0.3) is 0 Å². The van der Waals surface area contributed by atoms with Gasteiger partial charge in [-0.05, 0) is 110 Å². The summed E-state index contributed by atoms with van der Waals surface area (Å²) in [5.74, 6) is -9.42. The minimum absolute atomic E-state index is 0.0125. The Kier molecular flexibility index (Phi) is 33.0. The van der Waals surface area contributed by atoms with Gasteiger partial charge in [0.25, 0.3) is 0 Å². The standard InChI is InChI=1S/C48H90N16O13/c1-25(2)9-7-8-10-36(67)56-30(12-18-50)44(73)64-39(28(6)66)48(77)62-32(14-20-52)42(71)61-34-16-22-54-47(76)38(27(5)65)63-45(74)33(15-21-53)59-41(70)31(13-19-51)60-46(75)35(23-26(3)4)57-37(68)24-55-40(69)29(11-17-49)58-43(34)72/h25-35,38-39,65-66H,7-24,49-53H2,1-6H3,(H,54,76)(H,55,69)(H,56,67)(H,57,68)(H,58,72)(H,59,70)(H,60,75)(H,61,71)(H,62,77)(H,63,74)(H,64,73)/t27-,28-,29+,30+,31+,32+,33+,34+,35+,38+,39+/m1/s1. The van der Waals surface area contributed by atoms with E-state index in [1.807, 2.05) is 0 Å². The molecule has 1 aliphatic rings. The van der Waals surface area contributed by atoms with Gasteiger partial charge in [-0.2, -0.15) is 0 Å². The van der Waals surface area contributed by atoms with E-state index >= 15 is 0 Å². The van der Waals surface area contributed by atoms with Crippen LogP contribution in [0.5, 0.6) is 0 Å². The first-order chi connectivity index (χ1) is 36.3. The number of nitrogens with two attached hydrogens (primary N) is 5. The normalized spacial score (nSPS) is 22.8. The van der Waals surface area contributed by atoms with Crippen LogP contribution in [0.1, 0.15) is 112 Å². The van der Waals surface area contributed by atoms with E-state index < -0.39 is 151 Å². The Labute approximate surface area is 450 Å². The number of aliphatic hydroxyl groups excluding tert-OH is 2. The fraction of sp³-hybridized carbons (Fsp3) is 0.771. The Bertz CT molecular complexity index is 1940. The summed E-state index contributed by atoms with van der Waals surface area (Å²) < 4.78 is 0. The van der Waals surface area contributed by atoms with E-state index in [-0.39, 0.29) is 83.6 Å². The zero-order valence-corrected chi connectivity index (χ0v) is 45.5. The predicted octanol–water partition coefficient (Wildman–Crippen LogP) is -7.25. The number of hydrogen-bond donors (Lipinski definition) is 18. The summed E-state index contributed by atoms with van der Waals surface area (Å²) in [5, 5.41) is 48.6. The van der Waals surface area contributed by atoms with Crippen LogP contribution in [0.3, 0.4) is 0 Å². The topological polar surface area (TPSA) is 491 Å². The third kappa shape index (κ3) is 26.2. The molecule has 77 heavy (non-hydrogen) atoms. The molecule has 29 nitrogen and oxygen atoms in total. The van der Waals surface area contributed by atoms with E-state index in [4.69, 9.17) is 28.7 Å². The molecule has 1 rings (SSSR count). The first-order valence-corrected chi connectivity index (χ1v) is 26.5. The van der Waals surface area contributed by atoms with Crippen LogP contribution in [0, 0.1) is 11.8 Å². The second-order valence-electron chi connectivity index (χ2n) is 20.0. The van der Waals surface area contributed by atoms with E-state index in [1.54, 1.807) is 13.8 Å². The molecule has 0 aromatic heterocycles. The van der Waals surface area contributed by atoms with Crippen LogP contribution in [0.15, 0.2) is 0 Å². The monoisotopic (exact) mass is 1100 g/mol. The molecular weight excluding hydrogens is 1010 g/mol. The quantitative estimate of drug-likeness (QED) is 0.0358. The summed E-state index contributed by atoms with van der Waals surface area (Å²) in [4.78, 5) is 150. The highest BCUT2D eigenvalue weighted by atomic mass is 16.3. The molecule has 0 spiro atoms. The number of nitrogens with one attached hydrogen (secondary N) is 11. The van der Waals surface area contributed by atoms with Gasteiger partial charge >= 0.3 is 0 Å². The zero-order chi connectivity index (χ0) is 58.4. The van der Waals surface area contributed by atoms with Crippen molar-refractivity contribution >= 4 is 65.0 Å². The Morgan fingerprint density at radius 3 is 1.57 bits per heavy atom. The summed E-state index contributed by atoms with van der Waals surface area (Å²) in [7, 11) is 0. The predicted molar refractivity (Wildman–Crippen MR) is 282 cm³/mol. The van der Waals surface area contributed by atoms with Gasteiger partial charge in [0.15, 0.2) is 0 Å². The van der Waals surface area contributed by atoms with Gasteiger partial charge in [-0.1, -0.05) is 40.5 Å². The van der Waals surface area contributed by atoms with Gasteiger partial charge in [-0.15, -0.1) is 0 Å². The Hall–Kier alpha value is -6.11. The fourth-order valence-corrected chi connectivity index (χ4v) is 7.91. The van der Waals surface area contributed by atoms with E-state index in [0.717, 1.165) is 12.8 Å². The molecular formula is C48H90N16O13. The lowest BCUT2D eigenvalue weighted by molar-refractivity contribution is -0.136. The highest BCUT2D eigenvalue weighted by molar-refractivity contribution is 5.98. The molecule has 440 valence electrons. The zero-order valence-electron chi connectivity index (χ0n) is 45.5. The molecule has 11 amide bonds. The number of carbonyl (C=O) groups is 11. The van der Waals surface area contributed by atoms with Gasteiger partial charge in [0, 0.05) is 13.0 Å². The maximum atomic E-state index is 14.2. The van der Waals surface area contributed by atoms with Gasteiger partial charge in [-0.3, -0.25) is 52.7 Å². The second kappa shape index (κ2) is 36.8. The summed E-state index contributed by atoms with van der Waals surface area (Å²) in [5.41, 5.74) is 28.9. The van der Waals surface area contributed by atoms with E-state index in [9.17, 15) is 63.0 Å². The Morgan fingerprint density at radius 2 is 1.06 bits per heavy atom. The molecule has 0 aliphatic carbocycles. The molecule has 1 saturated heterocycles. The van der Waals surface area contributed by atoms with Gasteiger partial charge < -0.3 is 97.4 Å². The molecule has 0 saturated carbocycles. The van der Waals surface area contributed by atoms with Crippen LogP contribution in [-0.2, 0) is 52.7 Å². The smallest absolute Gasteiger partial charge is 0.245 e. The minimum atomic E-state index is -1.69. The average Bonchev–Trinajstić information content (AvgIpc) is 3.35. The molecule has 0 unspecified atom stereocenters. The van der Waals surface area contributed by atoms with Crippen molar-refractivity contribution in [3.8, 4) is 0 Å². The maximum absolute atomic E-state index is 14.2. The van der Waals surface area contributed by atoms with Crippen molar-refractivity contribution in [3.05, 3.63) is 0 Å². The van der Waals surface area contributed by atoms with Crippen molar-refractivity contribution in [3.63, 3.8) is 0 Å². The third-order valence-electron chi connectivity index (χ3n) is 12.2. The molecule has 29 heteroatoms. The van der Waals surface area contributed by atoms with Crippen LogP contribution in [0.2, 0.25) is 0 Å². The second-order valence-corrected chi connectivity index (χ2v) is 20.0. The largest absolute Gasteiger partial charge is 0.391 e. The third-order valence-corrected chi connectivity index (χ3v) is 12.2. The minimum Gasteiger partial charge on any atom is -0.391 e. The fourth-order valence-electron chi connectivity index (χ4n) is 7.91. The van der Waals surface area contributed by atoms with Crippen LogP contribution in [-0.4, -0.2) is 188 Å². The number of hydrogen-bond acceptors (Lipinski definition) is 18. The van der Waals surface area contributed by atoms with Gasteiger partial charge in [0.05, 0.1) is 18.8 Å². The summed E-state index contributed by atoms with van der Waals surface area (Å²) >= 11 is 0. The van der Waals surface area contributed by atoms with Gasteiger partial charge in [0.1, 0.15) is 54.4 Å². The Morgan fingerprint density at radius 1 is 0.545 bits per heavy atom. The van der Waals surface area contributed by atoms with Gasteiger partial charge in [-0.25, -0.2) is 0 Å². The van der Waals surface area contributed by atoms with Crippen molar-refractivity contribution in [1.29, 1.82) is 0 Å². The lowest BCUT2D eigenvalue weighted by Crippen LogP contribution is -2.61. The molecule has 1 fully saturated rings. The van der Waals surface area contributed by atoms with Crippen molar-refractivity contribution in [2.24, 2.45) is 40.5 Å². The highest BCUT2D eigenvalue weighted by Gasteiger charge is 2.36. The Balaban J connectivity index is 3.66. The maximum Gasteiger partial charge on any atom is 0.245 e. The number of aliphatic hydroxyl groups is 2. The van der Waals surface area contributed by atoms with E-state index in [0.29, 0.717) is 12.3 Å². The van der Waals surface area contributed by atoms with Crippen LogP contribution < -0.4 is 87.2 Å². The molecule has 0 aromatic rings. The number of rotatable bonds is 26. The summed E-state index contributed by atoms with van der Waals surface area (Å²) in [6.45, 7) is 8.26. The van der Waals surface area contributed by atoms with Crippen molar-refractivity contribution < 1.29 is 63.0 Å². The first-order valence-electron chi connectivity index (χ1n) is 26.5. The molecule has 0 aromatic carbocycles. The lowest BCUT2D eigenvalue weighted by atomic mass is 10.0. The molecule has 23 N–H and O–H groups in total. The molecule has 11 atom stereocenters. The van der Waals surface area contributed by atoms with Crippen LogP contribution in [0.4, 0.5) is 0 Å².